The molecule has 6 heteroatoms. The minimum absolute atomic E-state index is 0.611. The molecule has 1 heterocycles. The summed E-state index contributed by atoms with van der Waals surface area (Å²) in [5, 5.41) is 14.2. The van der Waals surface area contributed by atoms with Crippen molar-refractivity contribution in [2.45, 2.75) is 0 Å². The van der Waals surface area contributed by atoms with Crippen LogP contribution in [0.5, 0.6) is 11.5 Å². The van der Waals surface area contributed by atoms with E-state index in [1.165, 1.54) is 0 Å². The second kappa shape index (κ2) is 6.74. The largest absolute Gasteiger partial charge is 0.493 e. The Morgan fingerprint density at radius 3 is 2.70 bits per heavy atom. The lowest BCUT2D eigenvalue weighted by atomic mass is 10.2. The summed E-state index contributed by atoms with van der Waals surface area (Å²) in [5.74, 6) is 1.94. The zero-order chi connectivity index (χ0) is 16.1. The van der Waals surface area contributed by atoms with Crippen molar-refractivity contribution in [3.8, 4) is 11.5 Å². The van der Waals surface area contributed by atoms with Gasteiger partial charge in [-0.15, -0.1) is 5.10 Å². The third-order valence-electron chi connectivity index (χ3n) is 3.36. The average molecular weight is 308 g/mol. The summed E-state index contributed by atoms with van der Waals surface area (Å²) in [5.41, 5.74) is 3.80. The van der Waals surface area contributed by atoms with Gasteiger partial charge in [0.2, 0.25) is 0 Å². The number of hydrogen-bond donors (Lipinski definition) is 1. The SMILES string of the molecule is COc1ccc(C=NNc2nncc3ccccc23)cc1OC. The molecule has 0 aliphatic heterocycles. The van der Waals surface area contributed by atoms with Gasteiger partial charge in [0, 0.05) is 10.8 Å². The van der Waals surface area contributed by atoms with Gasteiger partial charge in [-0.05, 0) is 23.8 Å². The van der Waals surface area contributed by atoms with E-state index in [-0.39, 0.29) is 0 Å². The van der Waals surface area contributed by atoms with Crippen LogP contribution in [0.2, 0.25) is 0 Å². The van der Waals surface area contributed by atoms with Crippen LogP contribution in [0.4, 0.5) is 5.82 Å². The molecule has 0 saturated heterocycles. The third-order valence-corrected chi connectivity index (χ3v) is 3.36. The zero-order valence-corrected chi connectivity index (χ0v) is 12.9. The Kier molecular flexibility index (Phi) is 4.33. The lowest BCUT2D eigenvalue weighted by Gasteiger charge is -2.07. The summed E-state index contributed by atoms with van der Waals surface area (Å²) < 4.78 is 10.5. The van der Waals surface area contributed by atoms with Crippen molar-refractivity contribution in [2.75, 3.05) is 19.6 Å². The predicted molar refractivity (Wildman–Crippen MR) is 90.3 cm³/mol. The second-order valence-electron chi connectivity index (χ2n) is 4.76. The van der Waals surface area contributed by atoms with Crippen molar-refractivity contribution in [3.63, 3.8) is 0 Å². The van der Waals surface area contributed by atoms with E-state index in [0.717, 1.165) is 16.3 Å². The highest BCUT2D eigenvalue weighted by Gasteiger charge is 2.03. The summed E-state index contributed by atoms with van der Waals surface area (Å²) in [7, 11) is 3.20. The number of fused-ring (bicyclic) bond motifs is 1. The van der Waals surface area contributed by atoms with Crippen molar-refractivity contribution in [1.29, 1.82) is 0 Å². The minimum atomic E-state index is 0.611. The maximum atomic E-state index is 5.27. The highest BCUT2D eigenvalue weighted by molar-refractivity contribution is 5.91. The molecule has 0 bridgehead atoms. The lowest BCUT2D eigenvalue weighted by molar-refractivity contribution is 0.355. The molecule has 0 atom stereocenters. The fraction of sp³-hybridized carbons (Fsp3) is 0.118. The van der Waals surface area contributed by atoms with Crippen molar-refractivity contribution in [2.24, 2.45) is 5.10 Å². The Hall–Kier alpha value is -3.15. The van der Waals surface area contributed by atoms with Gasteiger partial charge >= 0.3 is 0 Å². The molecule has 2 aromatic carbocycles. The van der Waals surface area contributed by atoms with Gasteiger partial charge in [-0.1, -0.05) is 24.3 Å². The molecule has 0 fully saturated rings. The van der Waals surface area contributed by atoms with E-state index in [1.807, 2.05) is 42.5 Å². The van der Waals surface area contributed by atoms with Crippen molar-refractivity contribution in [1.82, 2.24) is 10.2 Å². The quantitative estimate of drug-likeness (QED) is 0.579. The summed E-state index contributed by atoms with van der Waals surface area (Å²) >= 11 is 0. The number of aromatic nitrogens is 2. The van der Waals surface area contributed by atoms with E-state index in [9.17, 15) is 0 Å². The molecule has 1 aromatic heterocycles. The molecule has 0 aliphatic carbocycles. The van der Waals surface area contributed by atoms with Crippen LogP contribution < -0.4 is 14.9 Å². The first-order valence-corrected chi connectivity index (χ1v) is 7.03. The van der Waals surface area contributed by atoms with E-state index in [4.69, 9.17) is 9.47 Å². The minimum Gasteiger partial charge on any atom is -0.493 e. The van der Waals surface area contributed by atoms with Gasteiger partial charge in [-0.2, -0.15) is 10.2 Å². The maximum Gasteiger partial charge on any atom is 0.176 e. The van der Waals surface area contributed by atoms with Gasteiger partial charge in [0.25, 0.3) is 0 Å². The number of nitrogens with zero attached hydrogens (tertiary/aromatic N) is 3. The molecule has 23 heavy (non-hydrogen) atoms. The third kappa shape index (κ3) is 3.21. The number of hydrazone groups is 1. The number of anilines is 1. The van der Waals surface area contributed by atoms with Crippen molar-refractivity contribution >= 4 is 22.8 Å². The lowest BCUT2D eigenvalue weighted by Crippen LogP contribution is -1.97. The topological polar surface area (TPSA) is 68.6 Å². The van der Waals surface area contributed by atoms with Crippen molar-refractivity contribution in [3.05, 3.63) is 54.2 Å². The van der Waals surface area contributed by atoms with Gasteiger partial charge in [-0.25, -0.2) is 0 Å². The van der Waals surface area contributed by atoms with Gasteiger partial charge < -0.3 is 9.47 Å². The van der Waals surface area contributed by atoms with Crippen LogP contribution >= 0.6 is 0 Å². The molecule has 0 spiro atoms. The maximum absolute atomic E-state index is 5.27. The number of methoxy groups -OCH3 is 2. The Balaban J connectivity index is 1.81. The number of hydrogen-bond acceptors (Lipinski definition) is 6. The summed E-state index contributed by atoms with van der Waals surface area (Å²) in [6, 6.07) is 13.4. The Morgan fingerprint density at radius 1 is 1.04 bits per heavy atom. The van der Waals surface area contributed by atoms with Crippen LogP contribution in [0, 0.1) is 0 Å². The number of nitrogens with one attached hydrogen (secondary N) is 1. The molecule has 0 unspecified atom stereocenters. The summed E-state index contributed by atoms with van der Waals surface area (Å²) in [4.78, 5) is 0. The number of ether oxygens (including phenoxy) is 2. The van der Waals surface area contributed by atoms with Crippen LogP contribution in [-0.4, -0.2) is 30.6 Å². The first-order chi connectivity index (χ1) is 11.3. The normalized spacial score (nSPS) is 10.9. The highest BCUT2D eigenvalue weighted by atomic mass is 16.5. The summed E-state index contributed by atoms with van der Waals surface area (Å²) in [6.45, 7) is 0. The van der Waals surface area contributed by atoms with Gasteiger partial charge in [0.05, 0.1) is 26.6 Å². The molecular formula is C17H16N4O2. The molecular weight excluding hydrogens is 292 g/mol. The fourth-order valence-corrected chi connectivity index (χ4v) is 2.21. The van der Waals surface area contributed by atoms with E-state index in [2.05, 4.69) is 20.7 Å². The van der Waals surface area contributed by atoms with Gasteiger partial charge in [0.1, 0.15) is 0 Å². The van der Waals surface area contributed by atoms with Gasteiger partial charge in [0.15, 0.2) is 17.3 Å². The smallest absolute Gasteiger partial charge is 0.176 e. The van der Waals surface area contributed by atoms with Crippen molar-refractivity contribution < 1.29 is 9.47 Å². The average Bonchev–Trinajstić information content (AvgIpc) is 2.61. The van der Waals surface area contributed by atoms with E-state index >= 15 is 0 Å². The Bertz CT molecular complexity index is 844. The first-order valence-electron chi connectivity index (χ1n) is 7.03. The first kappa shape index (κ1) is 14.8. The fourth-order valence-electron chi connectivity index (χ4n) is 2.21. The molecule has 3 aromatic rings. The van der Waals surface area contributed by atoms with E-state index in [0.29, 0.717) is 17.3 Å². The molecule has 0 radical (unpaired) electrons. The molecule has 1 N–H and O–H groups in total. The molecule has 3 rings (SSSR count). The summed E-state index contributed by atoms with van der Waals surface area (Å²) in [6.07, 6.45) is 3.41. The molecule has 0 aliphatic rings. The second-order valence-corrected chi connectivity index (χ2v) is 4.76. The van der Waals surface area contributed by atoms with Crippen LogP contribution in [0.3, 0.4) is 0 Å². The monoisotopic (exact) mass is 308 g/mol. The molecule has 0 saturated carbocycles. The van der Waals surface area contributed by atoms with Crippen LogP contribution in [-0.2, 0) is 0 Å². The Labute approximate surface area is 133 Å². The molecule has 0 amide bonds. The van der Waals surface area contributed by atoms with Crippen LogP contribution in [0.15, 0.2) is 53.8 Å². The highest BCUT2D eigenvalue weighted by Crippen LogP contribution is 2.27. The van der Waals surface area contributed by atoms with Crippen LogP contribution in [0.1, 0.15) is 5.56 Å². The molecule has 6 nitrogen and oxygen atoms in total. The zero-order valence-electron chi connectivity index (χ0n) is 12.9. The van der Waals surface area contributed by atoms with E-state index < -0.39 is 0 Å². The number of benzene rings is 2. The van der Waals surface area contributed by atoms with Crippen LogP contribution in [0.25, 0.3) is 10.8 Å². The predicted octanol–water partition coefficient (Wildman–Crippen LogP) is 3.09. The number of rotatable bonds is 5. The molecule has 116 valence electrons. The Morgan fingerprint density at radius 2 is 1.87 bits per heavy atom. The van der Waals surface area contributed by atoms with Gasteiger partial charge in [-0.3, -0.25) is 5.43 Å². The van der Waals surface area contributed by atoms with E-state index in [1.54, 1.807) is 26.6 Å². The standard InChI is InChI=1S/C17H16N4O2/c1-22-15-8-7-12(9-16(15)23-2)10-18-20-17-14-6-4-3-5-13(14)11-19-21-17/h3-11H,1-2H3,(H,20,21).